The molecule has 0 aliphatic rings. The standard InChI is InChI=1S/C10H19N3O3S/c1-9(2)13-8-10(7-11-13)12-17(15,16)6-4-3-5-14/h7-9,12,14H,3-6H2,1-2H3. The van der Waals surface area contributed by atoms with E-state index in [-0.39, 0.29) is 18.4 Å². The molecular formula is C10H19N3O3S. The Hall–Kier alpha value is -1.08. The van der Waals surface area contributed by atoms with Gasteiger partial charge in [-0.2, -0.15) is 5.10 Å². The number of sulfonamides is 1. The first-order valence-electron chi connectivity index (χ1n) is 5.60. The monoisotopic (exact) mass is 261 g/mol. The van der Waals surface area contributed by atoms with Crippen LogP contribution in [-0.2, 0) is 10.0 Å². The highest BCUT2D eigenvalue weighted by Gasteiger charge is 2.11. The fraction of sp³-hybridized carbons (Fsp3) is 0.700. The molecule has 1 aromatic heterocycles. The van der Waals surface area contributed by atoms with Gasteiger partial charge in [0.1, 0.15) is 0 Å². The molecule has 6 nitrogen and oxygen atoms in total. The number of nitrogens with zero attached hydrogens (tertiary/aromatic N) is 2. The molecule has 17 heavy (non-hydrogen) atoms. The molecule has 2 N–H and O–H groups in total. The van der Waals surface area contributed by atoms with Gasteiger partial charge in [-0.3, -0.25) is 9.40 Å². The molecule has 0 aliphatic carbocycles. The summed E-state index contributed by atoms with van der Waals surface area (Å²) in [5.41, 5.74) is 0.475. The molecule has 0 unspecified atom stereocenters. The highest BCUT2D eigenvalue weighted by Crippen LogP contribution is 2.12. The van der Waals surface area contributed by atoms with Crippen LogP contribution in [0.5, 0.6) is 0 Å². The average molecular weight is 261 g/mol. The molecule has 0 amide bonds. The number of nitrogens with one attached hydrogen (secondary N) is 1. The van der Waals surface area contributed by atoms with Gasteiger partial charge in [-0.25, -0.2) is 8.42 Å². The van der Waals surface area contributed by atoms with E-state index in [1.54, 1.807) is 10.9 Å². The van der Waals surface area contributed by atoms with Crippen LogP contribution in [0.3, 0.4) is 0 Å². The Labute approximate surface area is 102 Å². The van der Waals surface area contributed by atoms with Crippen LogP contribution >= 0.6 is 0 Å². The van der Waals surface area contributed by atoms with Crippen LogP contribution in [0.25, 0.3) is 0 Å². The number of unbranched alkanes of at least 4 members (excludes halogenated alkanes) is 1. The van der Waals surface area contributed by atoms with Gasteiger partial charge in [-0.15, -0.1) is 0 Å². The van der Waals surface area contributed by atoms with Crippen molar-refractivity contribution in [2.75, 3.05) is 17.1 Å². The van der Waals surface area contributed by atoms with Crippen molar-refractivity contribution in [3.05, 3.63) is 12.4 Å². The van der Waals surface area contributed by atoms with Crippen molar-refractivity contribution in [2.24, 2.45) is 0 Å². The normalized spacial score (nSPS) is 12.0. The zero-order chi connectivity index (χ0) is 12.9. The summed E-state index contributed by atoms with van der Waals surface area (Å²) < 4.78 is 27.4. The largest absolute Gasteiger partial charge is 0.396 e. The Kier molecular flexibility index (Phi) is 4.95. The lowest BCUT2D eigenvalue weighted by Crippen LogP contribution is -2.16. The van der Waals surface area contributed by atoms with Gasteiger partial charge in [-0.05, 0) is 26.7 Å². The molecule has 0 spiro atoms. The minimum Gasteiger partial charge on any atom is -0.396 e. The number of hydrogen-bond acceptors (Lipinski definition) is 4. The molecule has 0 saturated carbocycles. The highest BCUT2D eigenvalue weighted by atomic mass is 32.2. The molecule has 0 aromatic carbocycles. The molecule has 98 valence electrons. The first kappa shape index (κ1) is 14.0. The summed E-state index contributed by atoms with van der Waals surface area (Å²) in [7, 11) is -3.33. The third-order valence-corrected chi connectivity index (χ3v) is 3.60. The van der Waals surface area contributed by atoms with Gasteiger partial charge >= 0.3 is 0 Å². The third-order valence-electron chi connectivity index (χ3n) is 2.23. The molecule has 1 heterocycles. The van der Waals surface area contributed by atoms with Crippen LogP contribution in [0.2, 0.25) is 0 Å². The zero-order valence-corrected chi connectivity index (χ0v) is 10.9. The molecule has 7 heteroatoms. The number of hydrogen-bond donors (Lipinski definition) is 2. The van der Waals surface area contributed by atoms with E-state index in [0.29, 0.717) is 18.5 Å². The van der Waals surface area contributed by atoms with E-state index in [1.165, 1.54) is 6.20 Å². The van der Waals surface area contributed by atoms with E-state index in [2.05, 4.69) is 9.82 Å². The van der Waals surface area contributed by atoms with Gasteiger partial charge in [0, 0.05) is 18.8 Å². The summed E-state index contributed by atoms with van der Waals surface area (Å²) in [5.74, 6) is 0.0143. The summed E-state index contributed by atoms with van der Waals surface area (Å²) >= 11 is 0. The van der Waals surface area contributed by atoms with Crippen LogP contribution in [0.4, 0.5) is 5.69 Å². The summed E-state index contributed by atoms with van der Waals surface area (Å²) in [6.45, 7) is 3.94. The SMILES string of the molecule is CC(C)n1cc(NS(=O)(=O)CCCCO)cn1. The van der Waals surface area contributed by atoms with Crippen molar-refractivity contribution in [1.82, 2.24) is 9.78 Å². The number of aliphatic hydroxyl groups excluding tert-OH is 1. The second kappa shape index (κ2) is 6.02. The molecule has 0 atom stereocenters. The van der Waals surface area contributed by atoms with Crippen LogP contribution in [-0.4, -0.2) is 35.7 Å². The van der Waals surface area contributed by atoms with Crippen molar-refractivity contribution < 1.29 is 13.5 Å². The fourth-order valence-electron chi connectivity index (χ4n) is 1.31. The molecular weight excluding hydrogens is 242 g/mol. The van der Waals surface area contributed by atoms with E-state index in [4.69, 9.17) is 5.11 Å². The number of aliphatic hydroxyl groups is 1. The second-order valence-electron chi connectivity index (χ2n) is 4.15. The maximum Gasteiger partial charge on any atom is 0.232 e. The van der Waals surface area contributed by atoms with Crippen molar-refractivity contribution in [1.29, 1.82) is 0 Å². The Morgan fingerprint density at radius 2 is 2.18 bits per heavy atom. The summed E-state index contributed by atoms with van der Waals surface area (Å²) in [6.07, 6.45) is 4.09. The predicted octanol–water partition coefficient (Wildman–Crippen LogP) is 0.978. The lowest BCUT2D eigenvalue weighted by atomic mass is 10.4. The average Bonchev–Trinajstić information content (AvgIpc) is 2.65. The maximum atomic E-state index is 11.6. The lowest BCUT2D eigenvalue weighted by Gasteiger charge is -2.05. The first-order chi connectivity index (χ1) is 7.94. The minimum atomic E-state index is -3.33. The van der Waals surface area contributed by atoms with Gasteiger partial charge in [0.15, 0.2) is 0 Å². The number of anilines is 1. The van der Waals surface area contributed by atoms with Crippen molar-refractivity contribution in [3.63, 3.8) is 0 Å². The van der Waals surface area contributed by atoms with Crippen LogP contribution < -0.4 is 4.72 Å². The molecule has 0 aliphatic heterocycles. The fourth-order valence-corrected chi connectivity index (χ4v) is 2.46. The summed E-state index contributed by atoms with van der Waals surface area (Å²) in [4.78, 5) is 0. The van der Waals surface area contributed by atoms with Crippen molar-refractivity contribution in [2.45, 2.75) is 32.7 Å². The number of rotatable bonds is 7. The van der Waals surface area contributed by atoms with E-state index in [1.807, 2.05) is 13.8 Å². The lowest BCUT2D eigenvalue weighted by molar-refractivity contribution is 0.287. The zero-order valence-electron chi connectivity index (χ0n) is 10.1. The first-order valence-corrected chi connectivity index (χ1v) is 7.25. The van der Waals surface area contributed by atoms with Crippen LogP contribution in [0, 0.1) is 0 Å². The predicted molar refractivity (Wildman–Crippen MR) is 66.3 cm³/mol. The smallest absolute Gasteiger partial charge is 0.232 e. The van der Waals surface area contributed by atoms with E-state index in [0.717, 1.165) is 0 Å². The minimum absolute atomic E-state index is 0.0143. The Morgan fingerprint density at radius 3 is 2.71 bits per heavy atom. The topological polar surface area (TPSA) is 84.2 Å². The number of aromatic nitrogens is 2. The molecule has 0 fully saturated rings. The molecule has 0 saturated heterocycles. The molecule has 1 aromatic rings. The van der Waals surface area contributed by atoms with Crippen LogP contribution in [0.15, 0.2) is 12.4 Å². The Balaban J connectivity index is 2.57. The van der Waals surface area contributed by atoms with E-state index >= 15 is 0 Å². The van der Waals surface area contributed by atoms with E-state index < -0.39 is 10.0 Å². The second-order valence-corrected chi connectivity index (χ2v) is 6.00. The Bertz CT molecular complexity index is 439. The Morgan fingerprint density at radius 1 is 1.47 bits per heavy atom. The van der Waals surface area contributed by atoms with Gasteiger partial charge in [0.25, 0.3) is 0 Å². The maximum absolute atomic E-state index is 11.6. The molecule has 1 rings (SSSR count). The van der Waals surface area contributed by atoms with Crippen LogP contribution in [0.1, 0.15) is 32.7 Å². The highest BCUT2D eigenvalue weighted by molar-refractivity contribution is 7.92. The molecule has 0 radical (unpaired) electrons. The third kappa shape index (κ3) is 4.74. The van der Waals surface area contributed by atoms with Crippen molar-refractivity contribution in [3.8, 4) is 0 Å². The quantitative estimate of drug-likeness (QED) is 0.717. The van der Waals surface area contributed by atoms with E-state index in [9.17, 15) is 8.42 Å². The van der Waals surface area contributed by atoms with Gasteiger partial charge in [-0.1, -0.05) is 0 Å². The van der Waals surface area contributed by atoms with Crippen molar-refractivity contribution >= 4 is 15.7 Å². The van der Waals surface area contributed by atoms with Gasteiger partial charge < -0.3 is 5.11 Å². The summed E-state index contributed by atoms with van der Waals surface area (Å²) in [5, 5.41) is 12.6. The molecule has 0 bridgehead atoms. The van der Waals surface area contributed by atoms with Gasteiger partial charge in [0.05, 0.1) is 17.6 Å². The van der Waals surface area contributed by atoms with Gasteiger partial charge in [0.2, 0.25) is 10.0 Å². The summed E-state index contributed by atoms with van der Waals surface area (Å²) in [6, 6.07) is 0.197.